The number of hydrogen-bond donors (Lipinski definition) is 0. The van der Waals surface area contributed by atoms with E-state index in [4.69, 9.17) is 0 Å². The second kappa shape index (κ2) is 3.26. The van der Waals surface area contributed by atoms with E-state index in [1.807, 2.05) is 0 Å². The first-order valence-electron chi connectivity index (χ1n) is 6.81. The van der Waals surface area contributed by atoms with Gasteiger partial charge in [0.25, 0.3) is 0 Å². The topological polar surface area (TPSA) is 3.24 Å². The van der Waals surface area contributed by atoms with Crippen molar-refractivity contribution in [2.75, 3.05) is 11.4 Å². The molecule has 0 spiro atoms. The van der Waals surface area contributed by atoms with Crippen molar-refractivity contribution in [2.24, 2.45) is 5.92 Å². The number of para-hydroxylation sites is 1. The maximum absolute atomic E-state index is 2.73. The third-order valence-electron chi connectivity index (χ3n) is 4.96. The summed E-state index contributed by atoms with van der Waals surface area (Å²) in [6.45, 7) is 1.30. The molecule has 2 heterocycles. The minimum Gasteiger partial charge on any atom is -0.367 e. The summed E-state index contributed by atoms with van der Waals surface area (Å²) in [7, 11) is 0. The predicted octanol–water partition coefficient (Wildman–Crippen LogP) is 3.55. The Morgan fingerprint density at radius 2 is 1.88 bits per heavy atom. The fourth-order valence-corrected chi connectivity index (χ4v) is 4.41. The quantitative estimate of drug-likeness (QED) is 0.637. The highest BCUT2D eigenvalue weighted by atomic mass is 15.2. The van der Waals surface area contributed by atoms with E-state index >= 15 is 0 Å². The van der Waals surface area contributed by atoms with E-state index in [1.54, 1.807) is 11.3 Å². The van der Waals surface area contributed by atoms with Crippen molar-refractivity contribution in [1.82, 2.24) is 0 Å². The van der Waals surface area contributed by atoms with Crippen molar-refractivity contribution in [3.63, 3.8) is 0 Å². The molecule has 2 fully saturated rings. The van der Waals surface area contributed by atoms with Crippen LogP contribution in [0, 0.1) is 5.92 Å². The molecule has 2 aliphatic heterocycles. The van der Waals surface area contributed by atoms with Gasteiger partial charge in [-0.15, -0.1) is 0 Å². The SMILES string of the molecule is c1ccc2c(c1)[C@@H]1CCC[C@H]3CCCN2[C@@H]31. The predicted molar refractivity (Wildman–Crippen MR) is 66.9 cm³/mol. The monoisotopic (exact) mass is 213 g/mol. The van der Waals surface area contributed by atoms with Gasteiger partial charge in [-0.05, 0) is 43.2 Å². The lowest BCUT2D eigenvalue weighted by Gasteiger charge is -2.43. The van der Waals surface area contributed by atoms with Crippen LogP contribution in [0.25, 0.3) is 0 Å². The minimum absolute atomic E-state index is 0.857. The zero-order chi connectivity index (χ0) is 10.5. The Kier molecular flexibility index (Phi) is 1.85. The second-order valence-electron chi connectivity index (χ2n) is 5.68. The third-order valence-corrected chi connectivity index (χ3v) is 4.96. The number of piperidine rings is 1. The van der Waals surface area contributed by atoms with Crippen molar-refractivity contribution in [3.05, 3.63) is 29.8 Å². The normalized spacial score (nSPS) is 35.8. The van der Waals surface area contributed by atoms with Gasteiger partial charge < -0.3 is 4.90 Å². The molecular weight excluding hydrogens is 194 g/mol. The molecule has 0 bridgehead atoms. The summed E-state index contributed by atoms with van der Waals surface area (Å²) in [6.07, 6.45) is 7.24. The Hall–Kier alpha value is -0.980. The molecule has 3 atom stereocenters. The largest absolute Gasteiger partial charge is 0.367 e. The number of rotatable bonds is 0. The molecular formula is C15H19N. The molecule has 84 valence electrons. The summed E-state index contributed by atoms with van der Waals surface area (Å²) in [6, 6.07) is 10.0. The lowest BCUT2D eigenvalue weighted by atomic mass is 9.72. The fourth-order valence-electron chi connectivity index (χ4n) is 4.41. The summed E-state index contributed by atoms with van der Waals surface area (Å²) >= 11 is 0. The van der Waals surface area contributed by atoms with Crippen LogP contribution in [0.1, 0.15) is 43.6 Å². The molecule has 0 amide bonds. The maximum Gasteiger partial charge on any atom is 0.0405 e. The molecule has 1 aliphatic carbocycles. The summed E-state index contributed by atoms with van der Waals surface area (Å²) in [5, 5.41) is 0. The van der Waals surface area contributed by atoms with E-state index in [-0.39, 0.29) is 0 Å². The molecule has 3 aliphatic rings. The van der Waals surface area contributed by atoms with Gasteiger partial charge in [0.1, 0.15) is 0 Å². The lowest BCUT2D eigenvalue weighted by Crippen LogP contribution is -2.46. The van der Waals surface area contributed by atoms with Crippen molar-refractivity contribution in [1.29, 1.82) is 0 Å². The average Bonchev–Trinajstić information content (AvgIpc) is 2.68. The molecule has 0 radical (unpaired) electrons. The third kappa shape index (κ3) is 1.07. The Balaban J connectivity index is 1.85. The fraction of sp³-hybridized carbons (Fsp3) is 0.600. The van der Waals surface area contributed by atoms with Gasteiger partial charge >= 0.3 is 0 Å². The highest BCUT2D eigenvalue weighted by molar-refractivity contribution is 5.62. The molecule has 16 heavy (non-hydrogen) atoms. The van der Waals surface area contributed by atoms with Crippen LogP contribution in [-0.2, 0) is 0 Å². The number of fused-ring (bicyclic) bond motifs is 3. The van der Waals surface area contributed by atoms with E-state index in [1.165, 1.54) is 38.6 Å². The van der Waals surface area contributed by atoms with Crippen molar-refractivity contribution < 1.29 is 0 Å². The highest BCUT2D eigenvalue weighted by Crippen LogP contribution is 2.52. The Bertz CT molecular complexity index is 375. The van der Waals surface area contributed by atoms with Gasteiger partial charge in [-0.1, -0.05) is 24.6 Å². The van der Waals surface area contributed by atoms with Crippen LogP contribution in [0.15, 0.2) is 24.3 Å². The van der Waals surface area contributed by atoms with E-state index in [0.29, 0.717) is 0 Å². The standard InChI is InChI=1S/C15H19N/c1-2-9-14-12(7-1)13-8-3-5-11-6-4-10-16(14)15(11)13/h1-2,7,9,11,13,15H,3-6,8,10H2/t11-,13-,15-/m0/s1. The van der Waals surface area contributed by atoms with Gasteiger partial charge in [-0.25, -0.2) is 0 Å². The van der Waals surface area contributed by atoms with Crippen LogP contribution in [0.3, 0.4) is 0 Å². The van der Waals surface area contributed by atoms with Crippen LogP contribution in [-0.4, -0.2) is 12.6 Å². The van der Waals surface area contributed by atoms with Gasteiger partial charge in [-0.2, -0.15) is 0 Å². The molecule has 1 saturated heterocycles. The van der Waals surface area contributed by atoms with E-state index in [2.05, 4.69) is 29.2 Å². The summed E-state index contributed by atoms with van der Waals surface area (Å²) in [4.78, 5) is 2.73. The van der Waals surface area contributed by atoms with Gasteiger partial charge in [0.05, 0.1) is 0 Å². The van der Waals surface area contributed by atoms with Gasteiger partial charge in [0, 0.05) is 24.2 Å². The molecule has 1 aromatic carbocycles. The first-order valence-corrected chi connectivity index (χ1v) is 6.81. The molecule has 1 nitrogen and oxygen atoms in total. The first kappa shape index (κ1) is 9.09. The van der Waals surface area contributed by atoms with Crippen molar-refractivity contribution in [3.8, 4) is 0 Å². The van der Waals surface area contributed by atoms with Crippen molar-refractivity contribution >= 4 is 5.69 Å². The van der Waals surface area contributed by atoms with Crippen LogP contribution in [0.5, 0.6) is 0 Å². The molecule has 0 aromatic heterocycles. The highest BCUT2D eigenvalue weighted by Gasteiger charge is 2.45. The average molecular weight is 213 g/mol. The Labute approximate surface area is 97.5 Å². The number of hydrogen-bond acceptors (Lipinski definition) is 1. The van der Waals surface area contributed by atoms with Crippen LogP contribution in [0.2, 0.25) is 0 Å². The number of anilines is 1. The summed E-state index contributed by atoms with van der Waals surface area (Å²) in [5.41, 5.74) is 3.21. The van der Waals surface area contributed by atoms with E-state index in [0.717, 1.165) is 17.9 Å². The zero-order valence-corrected chi connectivity index (χ0v) is 9.73. The number of benzene rings is 1. The Morgan fingerprint density at radius 1 is 1.00 bits per heavy atom. The number of nitrogens with zero attached hydrogens (tertiary/aromatic N) is 1. The summed E-state index contributed by atoms with van der Waals surface area (Å²) < 4.78 is 0. The lowest BCUT2D eigenvalue weighted by molar-refractivity contribution is 0.231. The Morgan fingerprint density at radius 3 is 2.88 bits per heavy atom. The minimum atomic E-state index is 0.857. The van der Waals surface area contributed by atoms with E-state index in [9.17, 15) is 0 Å². The second-order valence-corrected chi connectivity index (χ2v) is 5.68. The van der Waals surface area contributed by atoms with Crippen LogP contribution < -0.4 is 4.90 Å². The molecule has 0 N–H and O–H groups in total. The molecule has 1 saturated carbocycles. The van der Waals surface area contributed by atoms with Gasteiger partial charge in [0.15, 0.2) is 0 Å². The molecule has 4 rings (SSSR count). The first-order chi connectivity index (χ1) is 7.95. The van der Waals surface area contributed by atoms with Gasteiger partial charge in [0.2, 0.25) is 0 Å². The van der Waals surface area contributed by atoms with Crippen LogP contribution in [0.4, 0.5) is 5.69 Å². The van der Waals surface area contributed by atoms with Crippen LogP contribution >= 0.6 is 0 Å². The molecule has 1 heteroatoms. The van der Waals surface area contributed by atoms with Gasteiger partial charge in [-0.3, -0.25) is 0 Å². The molecule has 1 aromatic rings. The molecule has 0 unspecified atom stereocenters. The maximum atomic E-state index is 2.73. The summed E-state index contributed by atoms with van der Waals surface area (Å²) in [5.74, 6) is 1.84. The smallest absolute Gasteiger partial charge is 0.0405 e. The van der Waals surface area contributed by atoms with E-state index < -0.39 is 0 Å². The zero-order valence-electron chi connectivity index (χ0n) is 9.73. The van der Waals surface area contributed by atoms with Crippen molar-refractivity contribution in [2.45, 2.75) is 44.1 Å².